The number of sulfonamides is 1. The molecule has 0 spiro atoms. The van der Waals surface area contributed by atoms with Crippen LogP contribution in [-0.2, 0) is 14.8 Å². The molecule has 7 nitrogen and oxygen atoms in total. The SMILES string of the molecule is CCCCOC(=O)c1ccc(NS(=O)(=O)c2ccc(C)c(C(N)=O)c2)cc1. The summed E-state index contributed by atoms with van der Waals surface area (Å²) in [5, 5.41) is 0. The lowest BCUT2D eigenvalue weighted by Crippen LogP contribution is -2.17. The highest BCUT2D eigenvalue weighted by atomic mass is 32.2. The van der Waals surface area contributed by atoms with Crippen molar-refractivity contribution in [2.75, 3.05) is 11.3 Å². The third kappa shape index (κ3) is 5.30. The first kappa shape index (κ1) is 20.4. The highest BCUT2D eigenvalue weighted by molar-refractivity contribution is 7.92. The first-order valence-electron chi connectivity index (χ1n) is 8.45. The van der Waals surface area contributed by atoms with Gasteiger partial charge in [-0.3, -0.25) is 9.52 Å². The summed E-state index contributed by atoms with van der Waals surface area (Å²) >= 11 is 0. The predicted molar refractivity (Wildman–Crippen MR) is 102 cm³/mol. The van der Waals surface area contributed by atoms with Gasteiger partial charge < -0.3 is 10.5 Å². The van der Waals surface area contributed by atoms with Crippen molar-refractivity contribution in [3.8, 4) is 0 Å². The molecular weight excluding hydrogens is 368 g/mol. The monoisotopic (exact) mass is 390 g/mol. The van der Waals surface area contributed by atoms with Gasteiger partial charge in [0.1, 0.15) is 0 Å². The Morgan fingerprint density at radius 2 is 1.78 bits per heavy atom. The van der Waals surface area contributed by atoms with Gasteiger partial charge in [-0.2, -0.15) is 0 Å². The Bertz CT molecular complexity index is 937. The smallest absolute Gasteiger partial charge is 0.338 e. The number of rotatable bonds is 8. The number of hydrogen-bond donors (Lipinski definition) is 2. The zero-order chi connectivity index (χ0) is 20.0. The molecule has 0 unspecified atom stereocenters. The van der Waals surface area contributed by atoms with Crippen LogP contribution in [0.15, 0.2) is 47.4 Å². The van der Waals surface area contributed by atoms with E-state index in [2.05, 4.69) is 4.72 Å². The molecule has 0 heterocycles. The van der Waals surface area contributed by atoms with Gasteiger partial charge in [0.2, 0.25) is 5.91 Å². The second-order valence-corrected chi connectivity index (χ2v) is 7.70. The Balaban J connectivity index is 2.15. The third-order valence-electron chi connectivity index (χ3n) is 3.89. The van der Waals surface area contributed by atoms with Crippen LogP contribution in [0, 0.1) is 6.92 Å². The number of hydrogen-bond acceptors (Lipinski definition) is 5. The Kier molecular flexibility index (Phi) is 6.57. The molecule has 144 valence electrons. The molecule has 1 amide bonds. The molecule has 0 saturated heterocycles. The van der Waals surface area contributed by atoms with Crippen LogP contribution in [0.25, 0.3) is 0 Å². The number of unbranched alkanes of at least 4 members (excludes halogenated alkanes) is 1. The van der Waals surface area contributed by atoms with Gasteiger partial charge in [-0.1, -0.05) is 19.4 Å². The lowest BCUT2D eigenvalue weighted by Gasteiger charge is -2.11. The van der Waals surface area contributed by atoms with Crippen LogP contribution in [0.5, 0.6) is 0 Å². The summed E-state index contributed by atoms with van der Waals surface area (Å²) in [6.07, 6.45) is 1.71. The summed E-state index contributed by atoms with van der Waals surface area (Å²) in [6.45, 7) is 4.01. The van der Waals surface area contributed by atoms with Crippen LogP contribution < -0.4 is 10.5 Å². The standard InChI is InChI=1S/C19H22N2O5S/c1-3-4-11-26-19(23)14-6-8-15(9-7-14)21-27(24,25)16-10-5-13(2)17(12-16)18(20)22/h5-10,12,21H,3-4,11H2,1-2H3,(H2,20,22). The van der Waals surface area contributed by atoms with Gasteiger partial charge in [0.25, 0.3) is 10.0 Å². The van der Waals surface area contributed by atoms with E-state index in [0.717, 1.165) is 12.8 Å². The first-order chi connectivity index (χ1) is 12.7. The number of ether oxygens (including phenoxy) is 1. The first-order valence-corrected chi connectivity index (χ1v) is 9.93. The number of benzene rings is 2. The molecule has 0 aliphatic heterocycles. The summed E-state index contributed by atoms with van der Waals surface area (Å²) in [4.78, 5) is 23.2. The predicted octanol–water partition coefficient (Wildman–Crippen LogP) is 2.85. The van der Waals surface area contributed by atoms with Crippen LogP contribution in [-0.4, -0.2) is 26.9 Å². The van der Waals surface area contributed by atoms with Gasteiger partial charge in [-0.25, -0.2) is 13.2 Å². The molecule has 2 aromatic rings. The molecule has 27 heavy (non-hydrogen) atoms. The van der Waals surface area contributed by atoms with E-state index in [1.807, 2.05) is 6.92 Å². The van der Waals surface area contributed by atoms with Gasteiger partial charge in [0, 0.05) is 11.3 Å². The van der Waals surface area contributed by atoms with Gasteiger partial charge >= 0.3 is 5.97 Å². The molecule has 2 rings (SSSR count). The molecule has 0 aromatic heterocycles. The van der Waals surface area contributed by atoms with E-state index in [1.165, 1.54) is 42.5 Å². The van der Waals surface area contributed by atoms with Gasteiger partial charge in [-0.15, -0.1) is 0 Å². The molecule has 0 aliphatic carbocycles. The number of carbonyl (C=O) groups is 2. The maximum atomic E-state index is 12.5. The fourth-order valence-electron chi connectivity index (χ4n) is 2.31. The Morgan fingerprint density at radius 3 is 2.37 bits per heavy atom. The van der Waals surface area contributed by atoms with E-state index in [4.69, 9.17) is 10.5 Å². The number of esters is 1. The molecule has 0 saturated carbocycles. The maximum Gasteiger partial charge on any atom is 0.338 e. The van der Waals surface area contributed by atoms with E-state index in [-0.39, 0.29) is 16.1 Å². The molecule has 0 atom stereocenters. The van der Waals surface area contributed by atoms with Crippen LogP contribution in [0.2, 0.25) is 0 Å². The van der Waals surface area contributed by atoms with E-state index in [1.54, 1.807) is 6.92 Å². The zero-order valence-electron chi connectivity index (χ0n) is 15.2. The van der Waals surface area contributed by atoms with Crippen molar-refractivity contribution in [2.45, 2.75) is 31.6 Å². The maximum absolute atomic E-state index is 12.5. The lowest BCUT2D eigenvalue weighted by atomic mass is 10.1. The minimum Gasteiger partial charge on any atom is -0.462 e. The molecule has 0 bridgehead atoms. The van der Waals surface area contributed by atoms with Crippen LogP contribution in [0.1, 0.15) is 46.0 Å². The summed E-state index contributed by atoms with van der Waals surface area (Å²) in [5.74, 6) is -1.15. The van der Waals surface area contributed by atoms with Gasteiger partial charge in [0.05, 0.1) is 17.1 Å². The molecule has 0 fully saturated rings. The van der Waals surface area contributed by atoms with Crippen molar-refractivity contribution in [3.63, 3.8) is 0 Å². The number of amides is 1. The minimum absolute atomic E-state index is 0.0787. The van der Waals surface area contributed by atoms with Crippen LogP contribution in [0.4, 0.5) is 5.69 Å². The average molecular weight is 390 g/mol. The van der Waals surface area contributed by atoms with Crippen molar-refractivity contribution in [3.05, 3.63) is 59.2 Å². The summed E-state index contributed by atoms with van der Waals surface area (Å²) < 4.78 is 32.6. The molecule has 2 aromatic carbocycles. The molecule has 0 aliphatic rings. The third-order valence-corrected chi connectivity index (χ3v) is 5.27. The highest BCUT2D eigenvalue weighted by Crippen LogP contribution is 2.20. The van der Waals surface area contributed by atoms with E-state index in [9.17, 15) is 18.0 Å². The van der Waals surface area contributed by atoms with Gasteiger partial charge in [-0.05, 0) is 55.3 Å². The number of anilines is 1. The van der Waals surface area contributed by atoms with Crippen molar-refractivity contribution in [1.29, 1.82) is 0 Å². The molecule has 8 heteroatoms. The van der Waals surface area contributed by atoms with Crippen molar-refractivity contribution < 1.29 is 22.7 Å². The number of nitrogens with two attached hydrogens (primary N) is 1. The largest absolute Gasteiger partial charge is 0.462 e. The summed E-state index contributed by atoms with van der Waals surface area (Å²) in [7, 11) is -3.91. The quantitative estimate of drug-likeness (QED) is 0.531. The topological polar surface area (TPSA) is 116 Å². The Morgan fingerprint density at radius 1 is 1.11 bits per heavy atom. The second-order valence-electron chi connectivity index (χ2n) is 6.01. The van der Waals surface area contributed by atoms with Crippen molar-refractivity contribution in [2.24, 2.45) is 5.73 Å². The minimum atomic E-state index is -3.91. The number of carbonyl (C=O) groups excluding carboxylic acids is 2. The van der Waals surface area contributed by atoms with E-state index in [0.29, 0.717) is 17.7 Å². The van der Waals surface area contributed by atoms with E-state index >= 15 is 0 Å². The average Bonchev–Trinajstić information content (AvgIpc) is 2.62. The fourth-order valence-corrected chi connectivity index (χ4v) is 3.40. The number of primary amides is 1. The normalized spacial score (nSPS) is 11.0. The molecule has 0 radical (unpaired) electrons. The van der Waals surface area contributed by atoms with Crippen LogP contribution >= 0.6 is 0 Å². The Labute approximate surface area is 158 Å². The van der Waals surface area contributed by atoms with E-state index < -0.39 is 21.9 Å². The summed E-state index contributed by atoms with van der Waals surface area (Å²) in [6, 6.07) is 10.0. The Hall–Kier alpha value is -2.87. The van der Waals surface area contributed by atoms with Crippen molar-refractivity contribution >= 4 is 27.6 Å². The highest BCUT2D eigenvalue weighted by Gasteiger charge is 2.17. The summed E-state index contributed by atoms with van der Waals surface area (Å²) in [5.41, 5.74) is 6.61. The number of aryl methyl sites for hydroxylation is 1. The molecular formula is C19H22N2O5S. The zero-order valence-corrected chi connectivity index (χ0v) is 16.0. The molecule has 3 N–H and O–H groups in total. The second kappa shape index (κ2) is 8.68. The van der Waals surface area contributed by atoms with Crippen LogP contribution in [0.3, 0.4) is 0 Å². The lowest BCUT2D eigenvalue weighted by molar-refractivity contribution is 0.0499. The number of nitrogens with one attached hydrogen (secondary N) is 1. The van der Waals surface area contributed by atoms with Crippen molar-refractivity contribution in [1.82, 2.24) is 0 Å². The fraction of sp³-hybridized carbons (Fsp3) is 0.263. The van der Waals surface area contributed by atoms with Gasteiger partial charge in [0.15, 0.2) is 0 Å².